The topological polar surface area (TPSA) is 50.4 Å². The number of nitrogens with one attached hydrogen (secondary N) is 1. The Kier molecular flexibility index (Phi) is 3.51. The molecular weight excluding hydrogens is 174 g/mol. The van der Waals surface area contributed by atoms with Crippen molar-refractivity contribution in [3.8, 4) is 0 Å². The van der Waals surface area contributed by atoms with E-state index in [1.165, 1.54) is 11.1 Å². The summed E-state index contributed by atoms with van der Waals surface area (Å²) in [7, 11) is 1.66. The Morgan fingerprint density at radius 1 is 1.50 bits per heavy atom. The summed E-state index contributed by atoms with van der Waals surface area (Å²) >= 11 is 0. The van der Waals surface area contributed by atoms with Crippen LogP contribution in [0.15, 0.2) is 23.2 Å². The summed E-state index contributed by atoms with van der Waals surface area (Å²) < 4.78 is 0. The molecule has 0 fully saturated rings. The lowest BCUT2D eigenvalue weighted by molar-refractivity contribution is 1.11. The molecule has 0 aromatic heterocycles. The SMILES string of the molecule is CCc1ccc(NC(N)=NC)cc1C. The fourth-order valence-corrected chi connectivity index (χ4v) is 1.37. The van der Waals surface area contributed by atoms with Gasteiger partial charge in [-0.25, -0.2) is 0 Å². The van der Waals surface area contributed by atoms with Crippen LogP contribution in [0.5, 0.6) is 0 Å². The Labute approximate surface area is 85.0 Å². The molecule has 0 bridgehead atoms. The Balaban J connectivity index is 2.86. The summed E-state index contributed by atoms with van der Waals surface area (Å²) in [5, 5.41) is 3.01. The molecule has 0 amide bonds. The van der Waals surface area contributed by atoms with E-state index in [4.69, 9.17) is 5.73 Å². The first kappa shape index (κ1) is 10.6. The molecule has 0 aliphatic carbocycles. The molecule has 3 nitrogen and oxygen atoms in total. The number of nitrogens with zero attached hydrogens (tertiary/aromatic N) is 1. The Morgan fingerprint density at radius 2 is 2.21 bits per heavy atom. The lowest BCUT2D eigenvalue weighted by atomic mass is 10.1. The third-order valence-corrected chi connectivity index (χ3v) is 2.24. The molecule has 0 saturated heterocycles. The molecular formula is C11H17N3. The molecule has 3 heteroatoms. The molecule has 0 radical (unpaired) electrons. The van der Waals surface area contributed by atoms with Crippen LogP contribution in [0.2, 0.25) is 0 Å². The van der Waals surface area contributed by atoms with E-state index < -0.39 is 0 Å². The fraction of sp³-hybridized carbons (Fsp3) is 0.364. The minimum absolute atomic E-state index is 0.439. The molecule has 1 aromatic carbocycles. The van der Waals surface area contributed by atoms with E-state index >= 15 is 0 Å². The van der Waals surface area contributed by atoms with E-state index in [1.807, 2.05) is 6.07 Å². The summed E-state index contributed by atoms with van der Waals surface area (Å²) in [5.74, 6) is 0.439. The molecule has 0 atom stereocenters. The highest BCUT2D eigenvalue weighted by molar-refractivity contribution is 5.92. The molecule has 1 rings (SSSR count). The van der Waals surface area contributed by atoms with Gasteiger partial charge in [-0.2, -0.15) is 0 Å². The number of benzene rings is 1. The summed E-state index contributed by atoms with van der Waals surface area (Å²) in [6.45, 7) is 4.25. The van der Waals surface area contributed by atoms with Gasteiger partial charge in [0.15, 0.2) is 5.96 Å². The van der Waals surface area contributed by atoms with Crippen molar-refractivity contribution < 1.29 is 0 Å². The van der Waals surface area contributed by atoms with Crippen molar-refractivity contribution in [3.63, 3.8) is 0 Å². The summed E-state index contributed by atoms with van der Waals surface area (Å²) in [6, 6.07) is 6.21. The van der Waals surface area contributed by atoms with Crippen LogP contribution in [0.4, 0.5) is 5.69 Å². The molecule has 1 aromatic rings. The summed E-state index contributed by atoms with van der Waals surface area (Å²) in [6.07, 6.45) is 1.06. The average Bonchev–Trinajstić information content (AvgIpc) is 2.18. The molecule has 14 heavy (non-hydrogen) atoms. The second-order valence-electron chi connectivity index (χ2n) is 3.23. The molecule has 76 valence electrons. The summed E-state index contributed by atoms with van der Waals surface area (Å²) in [4.78, 5) is 3.84. The average molecular weight is 191 g/mol. The number of rotatable bonds is 2. The van der Waals surface area contributed by atoms with Crippen LogP contribution in [0.1, 0.15) is 18.1 Å². The maximum Gasteiger partial charge on any atom is 0.192 e. The number of nitrogens with two attached hydrogens (primary N) is 1. The highest BCUT2D eigenvalue weighted by Crippen LogP contribution is 2.15. The lowest BCUT2D eigenvalue weighted by Gasteiger charge is -2.08. The molecule has 0 aliphatic heterocycles. The monoisotopic (exact) mass is 191 g/mol. The predicted octanol–water partition coefficient (Wildman–Crippen LogP) is 1.91. The van der Waals surface area contributed by atoms with Crippen LogP contribution >= 0.6 is 0 Å². The van der Waals surface area contributed by atoms with Crippen molar-refractivity contribution in [1.29, 1.82) is 0 Å². The maximum absolute atomic E-state index is 5.56. The first-order chi connectivity index (χ1) is 6.67. The third kappa shape index (κ3) is 2.49. The van der Waals surface area contributed by atoms with Crippen LogP contribution < -0.4 is 11.1 Å². The van der Waals surface area contributed by atoms with E-state index in [2.05, 4.69) is 36.3 Å². The van der Waals surface area contributed by atoms with E-state index in [1.54, 1.807) is 7.05 Å². The van der Waals surface area contributed by atoms with Gasteiger partial charge in [0.05, 0.1) is 0 Å². The van der Waals surface area contributed by atoms with Gasteiger partial charge < -0.3 is 11.1 Å². The number of hydrogen-bond acceptors (Lipinski definition) is 1. The molecule has 3 N–H and O–H groups in total. The minimum Gasteiger partial charge on any atom is -0.370 e. The van der Waals surface area contributed by atoms with Gasteiger partial charge in [-0.05, 0) is 36.6 Å². The maximum atomic E-state index is 5.56. The van der Waals surface area contributed by atoms with Crippen molar-refractivity contribution in [1.82, 2.24) is 0 Å². The molecule has 0 spiro atoms. The van der Waals surface area contributed by atoms with Gasteiger partial charge >= 0.3 is 0 Å². The van der Waals surface area contributed by atoms with Crippen LogP contribution in [0.3, 0.4) is 0 Å². The Morgan fingerprint density at radius 3 is 2.71 bits per heavy atom. The predicted molar refractivity (Wildman–Crippen MR) is 61.7 cm³/mol. The van der Waals surface area contributed by atoms with Crippen molar-refractivity contribution in [2.75, 3.05) is 12.4 Å². The zero-order valence-corrected chi connectivity index (χ0v) is 8.96. The van der Waals surface area contributed by atoms with E-state index in [0.717, 1.165) is 12.1 Å². The van der Waals surface area contributed by atoms with Crippen LogP contribution in [-0.2, 0) is 6.42 Å². The number of aliphatic imine (C=N–C) groups is 1. The standard InChI is InChI=1S/C11H17N3/c1-4-9-5-6-10(7-8(9)2)14-11(12)13-3/h5-7H,4H2,1-3H3,(H3,12,13,14). The van der Waals surface area contributed by atoms with Gasteiger partial charge in [-0.3, -0.25) is 4.99 Å². The molecule has 0 aliphatic rings. The van der Waals surface area contributed by atoms with Gasteiger partial charge in [-0.1, -0.05) is 13.0 Å². The number of anilines is 1. The molecule has 0 saturated carbocycles. The fourth-order valence-electron chi connectivity index (χ4n) is 1.37. The van der Waals surface area contributed by atoms with Gasteiger partial charge in [0.1, 0.15) is 0 Å². The molecule has 0 heterocycles. The first-order valence-corrected chi connectivity index (χ1v) is 4.76. The summed E-state index contributed by atoms with van der Waals surface area (Å²) in [5.41, 5.74) is 9.20. The quantitative estimate of drug-likeness (QED) is 0.554. The number of hydrogen-bond donors (Lipinski definition) is 2. The van der Waals surface area contributed by atoms with E-state index in [-0.39, 0.29) is 0 Å². The minimum atomic E-state index is 0.439. The van der Waals surface area contributed by atoms with Gasteiger partial charge in [0.2, 0.25) is 0 Å². The smallest absolute Gasteiger partial charge is 0.192 e. The number of aryl methyl sites for hydroxylation is 2. The first-order valence-electron chi connectivity index (χ1n) is 4.76. The second-order valence-corrected chi connectivity index (χ2v) is 3.23. The van der Waals surface area contributed by atoms with Crippen LogP contribution in [0, 0.1) is 6.92 Å². The largest absolute Gasteiger partial charge is 0.370 e. The van der Waals surface area contributed by atoms with Gasteiger partial charge in [0.25, 0.3) is 0 Å². The van der Waals surface area contributed by atoms with Gasteiger partial charge in [-0.15, -0.1) is 0 Å². The van der Waals surface area contributed by atoms with Gasteiger partial charge in [0, 0.05) is 12.7 Å². The lowest BCUT2D eigenvalue weighted by Crippen LogP contribution is -2.22. The number of guanidine groups is 1. The van der Waals surface area contributed by atoms with Crippen molar-refractivity contribution in [2.45, 2.75) is 20.3 Å². The van der Waals surface area contributed by atoms with Crippen molar-refractivity contribution in [3.05, 3.63) is 29.3 Å². The molecule has 0 unspecified atom stereocenters. The zero-order valence-electron chi connectivity index (χ0n) is 8.96. The highest BCUT2D eigenvalue weighted by Gasteiger charge is 1.98. The Hall–Kier alpha value is -1.51. The van der Waals surface area contributed by atoms with Crippen molar-refractivity contribution >= 4 is 11.6 Å². The van der Waals surface area contributed by atoms with Crippen LogP contribution in [0.25, 0.3) is 0 Å². The highest BCUT2D eigenvalue weighted by atomic mass is 15.1. The second kappa shape index (κ2) is 4.65. The zero-order chi connectivity index (χ0) is 10.6. The normalized spacial score (nSPS) is 11.5. The van der Waals surface area contributed by atoms with E-state index in [0.29, 0.717) is 5.96 Å². The Bertz CT molecular complexity index is 342. The third-order valence-electron chi connectivity index (χ3n) is 2.24. The van der Waals surface area contributed by atoms with Crippen LogP contribution in [-0.4, -0.2) is 13.0 Å². The van der Waals surface area contributed by atoms with E-state index in [9.17, 15) is 0 Å². The van der Waals surface area contributed by atoms with Crippen molar-refractivity contribution in [2.24, 2.45) is 10.7 Å².